The normalized spacial score (nSPS) is 18.2. The van der Waals surface area contributed by atoms with Crippen molar-refractivity contribution in [2.75, 3.05) is 13.7 Å². The van der Waals surface area contributed by atoms with E-state index >= 15 is 0 Å². The Kier molecular flexibility index (Phi) is 5.40. The molecule has 0 saturated carbocycles. The summed E-state index contributed by atoms with van der Waals surface area (Å²) in [5, 5.41) is 8.84. The van der Waals surface area contributed by atoms with Crippen LogP contribution in [-0.2, 0) is 18.6 Å². The van der Waals surface area contributed by atoms with Gasteiger partial charge in [-0.3, -0.25) is 9.36 Å². The summed E-state index contributed by atoms with van der Waals surface area (Å²) in [5.41, 5.74) is 1.67. The summed E-state index contributed by atoms with van der Waals surface area (Å²) in [5.74, 6) is 0.410. The van der Waals surface area contributed by atoms with E-state index < -0.39 is 12.7 Å². The highest BCUT2D eigenvalue weighted by molar-refractivity contribution is 8.56. The van der Waals surface area contributed by atoms with E-state index in [2.05, 4.69) is 15.0 Å². The van der Waals surface area contributed by atoms with Gasteiger partial charge in [-0.2, -0.15) is 4.76 Å². The van der Waals surface area contributed by atoms with Gasteiger partial charge in [0, 0.05) is 16.9 Å². The molecular weight excluding hydrogens is 417 g/mol. The van der Waals surface area contributed by atoms with Crippen LogP contribution in [-0.4, -0.2) is 35.6 Å². The van der Waals surface area contributed by atoms with Crippen molar-refractivity contribution in [3.05, 3.63) is 42.4 Å². The molecule has 0 saturated heterocycles. The van der Waals surface area contributed by atoms with Crippen molar-refractivity contribution in [3.8, 4) is 22.8 Å². The van der Waals surface area contributed by atoms with E-state index in [1.54, 1.807) is 31.2 Å². The predicted molar refractivity (Wildman–Crippen MR) is 106 cm³/mol. The van der Waals surface area contributed by atoms with E-state index in [1.165, 1.54) is 19.6 Å². The first-order chi connectivity index (χ1) is 14.0. The van der Waals surface area contributed by atoms with Crippen LogP contribution < -0.4 is 0 Å². The second kappa shape index (κ2) is 7.98. The maximum Gasteiger partial charge on any atom is 0.378 e. The number of fused-ring (bicyclic) bond motifs is 1. The summed E-state index contributed by atoms with van der Waals surface area (Å²) in [6.45, 7) is -1.59. The van der Waals surface area contributed by atoms with Crippen molar-refractivity contribution in [2.24, 2.45) is 4.76 Å². The lowest BCUT2D eigenvalue weighted by atomic mass is 9.98. The Morgan fingerprint density at radius 2 is 1.86 bits per heavy atom. The Bertz CT molecular complexity index is 1110. The molecular formula is C18H16N3O6PS. The average molecular weight is 433 g/mol. The van der Waals surface area contributed by atoms with Crippen LogP contribution in [0.1, 0.15) is 18.9 Å². The zero-order chi connectivity index (χ0) is 20.4. The lowest BCUT2D eigenvalue weighted by molar-refractivity contribution is -0.139. The van der Waals surface area contributed by atoms with Crippen molar-refractivity contribution in [3.63, 3.8) is 0 Å². The van der Waals surface area contributed by atoms with E-state index in [-0.39, 0.29) is 18.7 Å². The van der Waals surface area contributed by atoms with Crippen molar-refractivity contribution >= 4 is 29.8 Å². The monoisotopic (exact) mass is 433 g/mol. The number of rotatable bonds is 6. The van der Waals surface area contributed by atoms with Gasteiger partial charge in [-0.1, -0.05) is 0 Å². The molecule has 1 unspecified atom stereocenters. The molecule has 4 rings (SSSR count). The quantitative estimate of drug-likeness (QED) is 0.406. The van der Waals surface area contributed by atoms with E-state index in [0.29, 0.717) is 33.4 Å². The fourth-order valence-electron chi connectivity index (χ4n) is 2.88. The Balaban J connectivity index is 1.98. The summed E-state index contributed by atoms with van der Waals surface area (Å²) in [4.78, 5) is 12.1. The highest BCUT2D eigenvalue weighted by Crippen LogP contribution is 2.67. The minimum Gasteiger partial charge on any atom is -0.469 e. The van der Waals surface area contributed by atoms with Crippen LogP contribution in [0.3, 0.4) is 0 Å². The summed E-state index contributed by atoms with van der Waals surface area (Å²) >= 11 is 0.888. The zero-order valence-electron chi connectivity index (χ0n) is 15.5. The molecule has 0 amide bonds. The first kappa shape index (κ1) is 19.6. The number of methoxy groups -OCH3 is 1. The number of aromatic nitrogens is 2. The summed E-state index contributed by atoms with van der Waals surface area (Å²) in [6.07, 6.45) is 2.83. The third-order valence-corrected chi connectivity index (χ3v) is 7.56. The molecule has 0 bridgehead atoms. The number of carbonyl (C=O) groups is 1. The van der Waals surface area contributed by atoms with E-state index in [9.17, 15) is 9.36 Å². The number of furan rings is 2. The van der Waals surface area contributed by atoms with Crippen molar-refractivity contribution in [2.45, 2.75) is 18.4 Å². The summed E-state index contributed by atoms with van der Waals surface area (Å²) < 4.78 is 38.7. The number of esters is 1. The van der Waals surface area contributed by atoms with Gasteiger partial charge in [-0.25, -0.2) is 0 Å². The van der Waals surface area contributed by atoms with Crippen LogP contribution in [0.25, 0.3) is 22.8 Å². The van der Waals surface area contributed by atoms with Crippen LogP contribution in [0.4, 0.5) is 0 Å². The summed E-state index contributed by atoms with van der Waals surface area (Å²) in [6, 6.07) is 6.94. The average Bonchev–Trinajstić information content (AvgIpc) is 3.41. The molecule has 1 aliphatic rings. The number of hydrogen-bond acceptors (Lipinski definition) is 9. The van der Waals surface area contributed by atoms with Gasteiger partial charge in [-0.05, 0) is 31.2 Å². The van der Waals surface area contributed by atoms with Gasteiger partial charge in [0.1, 0.15) is 16.5 Å². The molecule has 3 aromatic heterocycles. The summed E-state index contributed by atoms with van der Waals surface area (Å²) in [7, 11) is 1.27. The SMILES string of the molecule is CCOP1(=O)N=C(CC(=O)OC)c2c(nnc(-c3ccco3)c2-c2ccco2)S1. The van der Waals surface area contributed by atoms with E-state index in [0.717, 1.165) is 11.4 Å². The molecule has 29 heavy (non-hydrogen) atoms. The Morgan fingerprint density at radius 3 is 2.48 bits per heavy atom. The molecule has 0 aliphatic carbocycles. The molecule has 3 aromatic rings. The standard InChI is InChI=1S/C18H16N3O6PS/c1-3-27-28(23)21-11(10-14(22)24-2)15-16(12-6-4-8-25-12)17(13-7-5-9-26-13)19-20-18(15)29-28/h4-9H,3,10H2,1-2H3. The van der Waals surface area contributed by atoms with Gasteiger partial charge in [0.25, 0.3) is 0 Å². The first-order valence-corrected chi connectivity index (χ1v) is 11.6. The van der Waals surface area contributed by atoms with Gasteiger partial charge >= 0.3 is 12.7 Å². The zero-order valence-corrected chi connectivity index (χ0v) is 17.2. The molecule has 0 radical (unpaired) electrons. The second-order valence-electron chi connectivity index (χ2n) is 5.84. The maximum atomic E-state index is 13.1. The fourth-order valence-corrected chi connectivity index (χ4v) is 6.36. The van der Waals surface area contributed by atoms with Crippen LogP contribution >= 0.6 is 18.1 Å². The highest BCUT2D eigenvalue weighted by Gasteiger charge is 2.38. The maximum absolute atomic E-state index is 13.1. The van der Waals surface area contributed by atoms with Crippen molar-refractivity contribution in [1.29, 1.82) is 0 Å². The Hall–Kier alpha value is -2.68. The van der Waals surface area contributed by atoms with Crippen LogP contribution in [0.2, 0.25) is 0 Å². The number of ether oxygens (including phenoxy) is 1. The largest absolute Gasteiger partial charge is 0.469 e. The Morgan fingerprint density at radius 1 is 1.14 bits per heavy atom. The van der Waals surface area contributed by atoms with Gasteiger partial charge < -0.3 is 18.1 Å². The van der Waals surface area contributed by atoms with Crippen LogP contribution in [0, 0.1) is 0 Å². The predicted octanol–water partition coefficient (Wildman–Crippen LogP) is 4.60. The van der Waals surface area contributed by atoms with Gasteiger partial charge in [0.05, 0.1) is 43.9 Å². The Labute approximate surface area is 169 Å². The lowest BCUT2D eigenvalue weighted by Gasteiger charge is -2.23. The minimum atomic E-state index is -3.50. The third-order valence-electron chi connectivity index (χ3n) is 4.03. The van der Waals surface area contributed by atoms with Crippen LogP contribution in [0.5, 0.6) is 0 Å². The van der Waals surface area contributed by atoms with E-state index in [1.807, 2.05) is 0 Å². The molecule has 150 valence electrons. The minimum absolute atomic E-state index is 0.192. The smallest absolute Gasteiger partial charge is 0.378 e. The molecule has 9 nitrogen and oxygen atoms in total. The molecule has 0 fully saturated rings. The number of hydrogen-bond donors (Lipinski definition) is 0. The topological polar surface area (TPSA) is 117 Å². The molecule has 4 heterocycles. The first-order valence-electron chi connectivity index (χ1n) is 8.63. The van der Waals surface area contributed by atoms with E-state index in [4.69, 9.17) is 18.1 Å². The van der Waals surface area contributed by atoms with Crippen LogP contribution in [0.15, 0.2) is 55.4 Å². The molecule has 11 heteroatoms. The lowest BCUT2D eigenvalue weighted by Crippen LogP contribution is -2.17. The molecule has 1 atom stereocenters. The molecule has 0 N–H and O–H groups in total. The second-order valence-corrected chi connectivity index (χ2v) is 9.73. The number of carbonyl (C=O) groups excluding carboxylic acids is 1. The molecule has 1 aliphatic heterocycles. The molecule has 0 aromatic carbocycles. The fraction of sp³-hybridized carbons (Fsp3) is 0.222. The highest BCUT2D eigenvalue weighted by atomic mass is 32.7. The van der Waals surface area contributed by atoms with Gasteiger partial charge in [0.15, 0.2) is 5.76 Å². The van der Waals surface area contributed by atoms with Gasteiger partial charge in [-0.15, -0.1) is 10.2 Å². The van der Waals surface area contributed by atoms with Crippen molar-refractivity contribution < 1.29 is 27.5 Å². The molecule has 0 spiro atoms. The third kappa shape index (κ3) is 3.78. The number of nitrogens with zero attached hydrogens (tertiary/aromatic N) is 3. The van der Waals surface area contributed by atoms with Gasteiger partial charge in [0.2, 0.25) is 0 Å². The van der Waals surface area contributed by atoms with Crippen molar-refractivity contribution in [1.82, 2.24) is 10.2 Å².